The van der Waals surface area contributed by atoms with E-state index in [0.29, 0.717) is 17.8 Å². The van der Waals surface area contributed by atoms with Crippen LogP contribution in [0.2, 0.25) is 0 Å². The monoisotopic (exact) mass is 344 g/mol. The lowest BCUT2D eigenvalue weighted by Gasteiger charge is -2.59. The number of aliphatic hydroxyl groups excluding tert-OH is 1. The standard InChI is InChI=1S/C22H32O3/c1-20-9-5-15(23)13-14(20)3-4-16-17(20)6-10-21(2)18(16)7-11-22(21)12-8-19(24)25-22/h3,15-18,23H,4-13H2,1-2H3/t15-,16+,17-,18-,20+,21+,22-/m1/s1. The van der Waals surface area contributed by atoms with Crippen LogP contribution >= 0.6 is 0 Å². The summed E-state index contributed by atoms with van der Waals surface area (Å²) in [7, 11) is 0. The van der Waals surface area contributed by atoms with Crippen molar-refractivity contribution < 1.29 is 14.6 Å². The second-order valence-electron chi connectivity index (χ2n) is 10.1. The van der Waals surface area contributed by atoms with Crippen molar-refractivity contribution in [3.63, 3.8) is 0 Å². The number of allylic oxidation sites excluding steroid dienone is 1. The maximum absolute atomic E-state index is 11.9. The van der Waals surface area contributed by atoms with Crippen molar-refractivity contribution in [2.45, 2.75) is 89.8 Å². The number of hydrogen-bond acceptors (Lipinski definition) is 3. The van der Waals surface area contributed by atoms with E-state index in [2.05, 4.69) is 19.9 Å². The number of carbonyl (C=O) groups is 1. The van der Waals surface area contributed by atoms with Crippen LogP contribution in [0.5, 0.6) is 0 Å². The molecule has 0 unspecified atom stereocenters. The smallest absolute Gasteiger partial charge is 0.306 e. The Bertz CT molecular complexity index is 639. The lowest BCUT2D eigenvalue weighted by atomic mass is 9.47. The molecule has 1 aliphatic heterocycles. The Kier molecular flexibility index (Phi) is 3.35. The molecule has 25 heavy (non-hydrogen) atoms. The molecule has 0 bridgehead atoms. The van der Waals surface area contributed by atoms with Crippen molar-refractivity contribution in [1.82, 2.24) is 0 Å². The molecule has 0 amide bonds. The zero-order valence-corrected chi connectivity index (χ0v) is 15.7. The fraction of sp³-hybridized carbons (Fsp3) is 0.864. The largest absolute Gasteiger partial charge is 0.458 e. The molecule has 1 saturated heterocycles. The van der Waals surface area contributed by atoms with Crippen LogP contribution in [0.4, 0.5) is 0 Å². The first kappa shape index (κ1) is 16.4. The fourth-order valence-corrected chi connectivity index (χ4v) is 7.94. The summed E-state index contributed by atoms with van der Waals surface area (Å²) in [5, 5.41) is 10.1. The molecule has 138 valence electrons. The molecule has 3 nitrogen and oxygen atoms in total. The van der Waals surface area contributed by atoms with Crippen LogP contribution in [-0.4, -0.2) is 22.8 Å². The van der Waals surface area contributed by atoms with Gasteiger partial charge in [-0.3, -0.25) is 4.79 Å². The number of fused-ring (bicyclic) bond motifs is 6. The molecule has 0 aromatic rings. The van der Waals surface area contributed by atoms with Gasteiger partial charge in [0, 0.05) is 11.8 Å². The first-order chi connectivity index (χ1) is 11.9. The highest BCUT2D eigenvalue weighted by Crippen LogP contribution is 2.69. The van der Waals surface area contributed by atoms with E-state index in [1.165, 1.54) is 31.3 Å². The molecule has 0 aromatic heterocycles. The van der Waals surface area contributed by atoms with Crippen molar-refractivity contribution in [2.75, 3.05) is 0 Å². The number of aliphatic hydroxyl groups is 1. The number of carbonyl (C=O) groups excluding carboxylic acids is 1. The molecule has 0 radical (unpaired) electrons. The number of esters is 1. The van der Waals surface area contributed by atoms with Crippen LogP contribution < -0.4 is 0 Å². The molecule has 1 spiro atoms. The van der Waals surface area contributed by atoms with Gasteiger partial charge >= 0.3 is 5.97 Å². The summed E-state index contributed by atoms with van der Waals surface area (Å²) in [5.41, 5.74) is 1.85. The molecular weight excluding hydrogens is 312 g/mol. The summed E-state index contributed by atoms with van der Waals surface area (Å²) < 4.78 is 6.02. The second-order valence-corrected chi connectivity index (χ2v) is 10.1. The van der Waals surface area contributed by atoms with Crippen LogP contribution in [0.1, 0.15) is 78.1 Å². The average Bonchev–Trinajstić information content (AvgIpc) is 3.10. The van der Waals surface area contributed by atoms with Gasteiger partial charge < -0.3 is 9.84 Å². The van der Waals surface area contributed by atoms with Gasteiger partial charge in [-0.25, -0.2) is 0 Å². The molecule has 4 fully saturated rings. The van der Waals surface area contributed by atoms with Gasteiger partial charge in [0.25, 0.3) is 0 Å². The van der Waals surface area contributed by atoms with Crippen LogP contribution in [0, 0.1) is 28.6 Å². The van der Waals surface area contributed by atoms with Crippen molar-refractivity contribution in [3.05, 3.63) is 11.6 Å². The van der Waals surface area contributed by atoms with Gasteiger partial charge in [-0.05, 0) is 81.0 Å². The van der Waals surface area contributed by atoms with Crippen LogP contribution in [-0.2, 0) is 9.53 Å². The van der Waals surface area contributed by atoms with Gasteiger partial charge in [0.1, 0.15) is 5.60 Å². The molecule has 1 N–H and O–H groups in total. The van der Waals surface area contributed by atoms with E-state index in [4.69, 9.17) is 4.74 Å². The topological polar surface area (TPSA) is 46.5 Å². The van der Waals surface area contributed by atoms with Gasteiger partial charge in [0.15, 0.2) is 0 Å². The Hall–Kier alpha value is -0.830. The Balaban J connectivity index is 1.49. The van der Waals surface area contributed by atoms with Crippen molar-refractivity contribution in [3.8, 4) is 0 Å². The summed E-state index contributed by atoms with van der Waals surface area (Å²) in [6.45, 7) is 4.91. The Morgan fingerprint density at radius 3 is 2.64 bits per heavy atom. The Morgan fingerprint density at radius 2 is 1.88 bits per heavy atom. The van der Waals surface area contributed by atoms with Crippen LogP contribution in [0.25, 0.3) is 0 Å². The Morgan fingerprint density at radius 1 is 1.08 bits per heavy atom. The summed E-state index contributed by atoms with van der Waals surface area (Å²) in [6.07, 6.45) is 12.9. The number of hydrogen-bond donors (Lipinski definition) is 1. The van der Waals surface area contributed by atoms with Gasteiger partial charge in [-0.1, -0.05) is 25.5 Å². The lowest BCUT2D eigenvalue weighted by Crippen LogP contribution is -2.54. The quantitative estimate of drug-likeness (QED) is 0.524. The minimum atomic E-state index is -0.159. The summed E-state index contributed by atoms with van der Waals surface area (Å²) in [6, 6.07) is 0. The minimum absolute atomic E-state index is 0.0306. The third-order valence-electron chi connectivity index (χ3n) is 9.41. The lowest BCUT2D eigenvalue weighted by molar-refractivity contribution is -0.167. The second kappa shape index (κ2) is 5.12. The van der Waals surface area contributed by atoms with Gasteiger partial charge in [-0.15, -0.1) is 0 Å². The van der Waals surface area contributed by atoms with E-state index in [0.717, 1.165) is 43.9 Å². The van der Waals surface area contributed by atoms with E-state index in [-0.39, 0.29) is 23.1 Å². The highest BCUT2D eigenvalue weighted by molar-refractivity contribution is 5.72. The van der Waals surface area contributed by atoms with E-state index in [1.54, 1.807) is 0 Å². The number of ether oxygens (including phenoxy) is 1. The van der Waals surface area contributed by atoms with E-state index in [9.17, 15) is 9.90 Å². The van der Waals surface area contributed by atoms with Crippen molar-refractivity contribution in [2.24, 2.45) is 28.6 Å². The highest BCUT2D eigenvalue weighted by Gasteiger charge is 2.66. The summed E-state index contributed by atoms with van der Waals surface area (Å²) >= 11 is 0. The Labute approximate surface area is 151 Å². The molecule has 4 aliphatic carbocycles. The molecule has 7 atom stereocenters. The first-order valence-corrected chi connectivity index (χ1v) is 10.5. The molecule has 1 heterocycles. The van der Waals surface area contributed by atoms with Crippen LogP contribution in [0.3, 0.4) is 0 Å². The van der Waals surface area contributed by atoms with E-state index in [1.807, 2.05) is 0 Å². The first-order valence-electron chi connectivity index (χ1n) is 10.5. The predicted molar refractivity (Wildman–Crippen MR) is 95.8 cm³/mol. The maximum atomic E-state index is 11.9. The zero-order valence-electron chi connectivity index (χ0n) is 15.7. The SMILES string of the molecule is C[C@]12CC[C@@H](O)CC1=CC[C@H]1[C@H]2CC[C@@]2(C)[C@@H]1CC[C@@]21CCC(=O)O1. The van der Waals surface area contributed by atoms with Gasteiger partial charge in [0.05, 0.1) is 6.10 Å². The molecule has 5 aliphatic rings. The predicted octanol–water partition coefficient (Wildman–Crippen LogP) is 4.39. The maximum Gasteiger partial charge on any atom is 0.306 e. The summed E-state index contributed by atoms with van der Waals surface area (Å²) in [5.74, 6) is 2.22. The van der Waals surface area contributed by atoms with Crippen LogP contribution in [0.15, 0.2) is 11.6 Å². The van der Waals surface area contributed by atoms with E-state index < -0.39 is 0 Å². The highest BCUT2D eigenvalue weighted by atomic mass is 16.6. The molecular formula is C22H32O3. The van der Waals surface area contributed by atoms with Crippen molar-refractivity contribution in [1.29, 1.82) is 0 Å². The van der Waals surface area contributed by atoms with E-state index >= 15 is 0 Å². The zero-order chi connectivity index (χ0) is 17.4. The average molecular weight is 344 g/mol. The molecule has 5 rings (SSSR count). The minimum Gasteiger partial charge on any atom is -0.458 e. The molecule has 3 saturated carbocycles. The fourth-order valence-electron chi connectivity index (χ4n) is 7.94. The van der Waals surface area contributed by atoms with Gasteiger partial charge in [0.2, 0.25) is 0 Å². The molecule has 0 aromatic carbocycles. The third-order valence-corrected chi connectivity index (χ3v) is 9.41. The normalized spacial score (nSPS) is 54.5. The third kappa shape index (κ3) is 1.99. The summed E-state index contributed by atoms with van der Waals surface area (Å²) in [4.78, 5) is 11.9. The number of rotatable bonds is 0. The van der Waals surface area contributed by atoms with Crippen molar-refractivity contribution >= 4 is 5.97 Å². The van der Waals surface area contributed by atoms with Gasteiger partial charge in [-0.2, -0.15) is 0 Å². The molecule has 3 heteroatoms.